The molecule has 0 saturated carbocycles. The van der Waals surface area contributed by atoms with Crippen molar-refractivity contribution in [1.82, 2.24) is 4.90 Å². The van der Waals surface area contributed by atoms with E-state index in [1.165, 1.54) is 16.7 Å². The average Bonchev–Trinajstić information content (AvgIpc) is 2.32. The number of aryl methyl sites for hydroxylation is 1. The van der Waals surface area contributed by atoms with Crippen LogP contribution in [0.1, 0.15) is 16.7 Å². The first-order chi connectivity index (χ1) is 8.63. The van der Waals surface area contributed by atoms with Crippen LogP contribution >= 0.6 is 15.9 Å². The molecule has 94 valence electrons. The van der Waals surface area contributed by atoms with E-state index in [1.54, 1.807) is 0 Å². The van der Waals surface area contributed by atoms with Gasteiger partial charge in [0.2, 0.25) is 0 Å². The summed E-state index contributed by atoms with van der Waals surface area (Å²) in [6.07, 6.45) is 0. The lowest BCUT2D eigenvalue weighted by atomic mass is 10.1. The van der Waals surface area contributed by atoms with Gasteiger partial charge in [-0.3, -0.25) is 4.90 Å². The first-order valence-electron chi connectivity index (χ1n) is 6.12. The maximum atomic E-state index is 3.51. The Morgan fingerprint density at radius 2 is 1.61 bits per heavy atom. The van der Waals surface area contributed by atoms with Crippen LogP contribution < -0.4 is 0 Å². The highest BCUT2D eigenvalue weighted by Gasteiger charge is 2.02. The van der Waals surface area contributed by atoms with E-state index in [0.717, 1.165) is 17.6 Å². The van der Waals surface area contributed by atoms with Gasteiger partial charge in [0, 0.05) is 17.6 Å². The van der Waals surface area contributed by atoms with Crippen molar-refractivity contribution < 1.29 is 0 Å². The van der Waals surface area contributed by atoms with Gasteiger partial charge in [0.1, 0.15) is 0 Å². The third-order valence-electron chi connectivity index (χ3n) is 2.91. The summed E-state index contributed by atoms with van der Waals surface area (Å²) in [7, 11) is 2.15. The molecule has 0 aliphatic rings. The lowest BCUT2D eigenvalue weighted by Gasteiger charge is -2.17. The predicted octanol–water partition coefficient (Wildman–Crippen LogP) is 4.39. The van der Waals surface area contributed by atoms with E-state index in [4.69, 9.17) is 0 Å². The molecule has 0 unspecified atom stereocenters. The van der Waals surface area contributed by atoms with Crippen molar-refractivity contribution >= 4 is 15.9 Å². The lowest BCUT2D eigenvalue weighted by Crippen LogP contribution is -2.17. The quantitative estimate of drug-likeness (QED) is 0.810. The van der Waals surface area contributed by atoms with Gasteiger partial charge in [-0.05, 0) is 37.2 Å². The van der Waals surface area contributed by atoms with Gasteiger partial charge in [-0.1, -0.05) is 57.9 Å². The van der Waals surface area contributed by atoms with Crippen molar-refractivity contribution in [1.29, 1.82) is 0 Å². The topological polar surface area (TPSA) is 3.24 Å². The van der Waals surface area contributed by atoms with Crippen molar-refractivity contribution in [2.75, 3.05) is 7.05 Å². The average molecular weight is 304 g/mol. The minimum absolute atomic E-state index is 0.966. The molecule has 0 N–H and O–H groups in total. The Kier molecular flexibility index (Phi) is 4.56. The Bertz CT molecular complexity index is 505. The van der Waals surface area contributed by atoms with Crippen molar-refractivity contribution in [3.63, 3.8) is 0 Å². The highest BCUT2D eigenvalue weighted by molar-refractivity contribution is 9.10. The standard InChI is InChI=1S/C16H18BrN/c1-13-6-8-14(9-7-13)11-18(2)12-15-4-3-5-16(17)10-15/h3-10H,11-12H2,1-2H3. The molecule has 0 aliphatic heterocycles. The number of halogens is 1. The summed E-state index contributed by atoms with van der Waals surface area (Å²) in [4.78, 5) is 2.33. The summed E-state index contributed by atoms with van der Waals surface area (Å²) in [5, 5.41) is 0. The molecule has 0 radical (unpaired) electrons. The molecule has 2 heteroatoms. The van der Waals surface area contributed by atoms with Crippen LogP contribution in [-0.4, -0.2) is 11.9 Å². The highest BCUT2D eigenvalue weighted by atomic mass is 79.9. The Hall–Kier alpha value is -1.12. The van der Waals surface area contributed by atoms with E-state index < -0.39 is 0 Å². The molecule has 1 nitrogen and oxygen atoms in total. The van der Waals surface area contributed by atoms with Gasteiger partial charge in [-0.25, -0.2) is 0 Å². The van der Waals surface area contributed by atoms with Gasteiger partial charge in [0.25, 0.3) is 0 Å². The van der Waals surface area contributed by atoms with Gasteiger partial charge >= 0.3 is 0 Å². The van der Waals surface area contributed by atoms with Crippen LogP contribution in [-0.2, 0) is 13.1 Å². The second-order valence-corrected chi connectivity index (χ2v) is 5.70. The maximum absolute atomic E-state index is 3.51. The number of rotatable bonds is 4. The zero-order valence-electron chi connectivity index (χ0n) is 10.9. The summed E-state index contributed by atoms with van der Waals surface area (Å²) < 4.78 is 1.14. The molecule has 0 saturated heterocycles. The lowest BCUT2D eigenvalue weighted by molar-refractivity contribution is 0.319. The van der Waals surface area contributed by atoms with E-state index in [9.17, 15) is 0 Å². The Morgan fingerprint density at radius 3 is 2.28 bits per heavy atom. The molecule has 0 heterocycles. The molecule has 0 atom stereocenters. The molecular weight excluding hydrogens is 286 g/mol. The number of hydrogen-bond acceptors (Lipinski definition) is 1. The molecule has 0 amide bonds. The number of nitrogens with zero attached hydrogens (tertiary/aromatic N) is 1. The van der Waals surface area contributed by atoms with Gasteiger partial charge < -0.3 is 0 Å². The van der Waals surface area contributed by atoms with Crippen LogP contribution in [0.15, 0.2) is 53.0 Å². The molecule has 2 rings (SSSR count). The molecule has 0 aliphatic carbocycles. The smallest absolute Gasteiger partial charge is 0.0234 e. The molecule has 2 aromatic rings. The molecule has 18 heavy (non-hydrogen) atoms. The summed E-state index contributed by atoms with van der Waals surface area (Å²) >= 11 is 3.51. The monoisotopic (exact) mass is 303 g/mol. The summed E-state index contributed by atoms with van der Waals surface area (Å²) in [5.74, 6) is 0. The SMILES string of the molecule is Cc1ccc(CN(C)Cc2cccc(Br)c2)cc1. The fourth-order valence-electron chi connectivity index (χ4n) is 2.01. The molecular formula is C16H18BrN. The minimum Gasteiger partial charge on any atom is -0.298 e. The molecule has 0 spiro atoms. The molecule has 0 aromatic heterocycles. The van der Waals surface area contributed by atoms with Crippen LogP contribution in [0.2, 0.25) is 0 Å². The van der Waals surface area contributed by atoms with E-state index in [2.05, 4.69) is 83.3 Å². The van der Waals surface area contributed by atoms with Crippen LogP contribution in [0, 0.1) is 6.92 Å². The second-order valence-electron chi connectivity index (χ2n) is 4.79. The first kappa shape index (κ1) is 13.3. The minimum atomic E-state index is 0.966. The molecule has 0 bridgehead atoms. The zero-order chi connectivity index (χ0) is 13.0. The Balaban J connectivity index is 1.96. The zero-order valence-corrected chi connectivity index (χ0v) is 12.4. The van der Waals surface area contributed by atoms with Crippen molar-refractivity contribution in [3.05, 3.63) is 69.7 Å². The third kappa shape index (κ3) is 3.97. The first-order valence-corrected chi connectivity index (χ1v) is 6.91. The number of benzene rings is 2. The van der Waals surface area contributed by atoms with Crippen LogP contribution in [0.3, 0.4) is 0 Å². The van der Waals surface area contributed by atoms with Gasteiger partial charge in [0.15, 0.2) is 0 Å². The fraction of sp³-hybridized carbons (Fsp3) is 0.250. The van der Waals surface area contributed by atoms with E-state index in [-0.39, 0.29) is 0 Å². The Morgan fingerprint density at radius 1 is 0.944 bits per heavy atom. The third-order valence-corrected chi connectivity index (χ3v) is 3.41. The van der Waals surface area contributed by atoms with Gasteiger partial charge in [0.05, 0.1) is 0 Å². The van der Waals surface area contributed by atoms with Crippen molar-refractivity contribution in [3.8, 4) is 0 Å². The van der Waals surface area contributed by atoms with Crippen molar-refractivity contribution in [2.24, 2.45) is 0 Å². The maximum Gasteiger partial charge on any atom is 0.0234 e. The van der Waals surface area contributed by atoms with Crippen LogP contribution in [0.5, 0.6) is 0 Å². The van der Waals surface area contributed by atoms with Crippen LogP contribution in [0.25, 0.3) is 0 Å². The normalized spacial score (nSPS) is 10.9. The largest absolute Gasteiger partial charge is 0.298 e. The fourth-order valence-corrected chi connectivity index (χ4v) is 2.45. The molecule has 0 fully saturated rings. The van der Waals surface area contributed by atoms with E-state index in [0.29, 0.717) is 0 Å². The van der Waals surface area contributed by atoms with Gasteiger partial charge in [-0.15, -0.1) is 0 Å². The summed E-state index contributed by atoms with van der Waals surface area (Å²) in [6.45, 7) is 4.06. The number of hydrogen-bond donors (Lipinski definition) is 0. The Labute approximate surface area is 118 Å². The van der Waals surface area contributed by atoms with E-state index in [1.807, 2.05) is 0 Å². The predicted molar refractivity (Wildman–Crippen MR) is 80.5 cm³/mol. The van der Waals surface area contributed by atoms with Crippen LogP contribution in [0.4, 0.5) is 0 Å². The second kappa shape index (κ2) is 6.17. The summed E-state index contributed by atoms with van der Waals surface area (Å²) in [5.41, 5.74) is 4.01. The van der Waals surface area contributed by atoms with Gasteiger partial charge in [-0.2, -0.15) is 0 Å². The summed E-state index contributed by atoms with van der Waals surface area (Å²) in [6, 6.07) is 17.2. The van der Waals surface area contributed by atoms with E-state index >= 15 is 0 Å². The highest BCUT2D eigenvalue weighted by Crippen LogP contribution is 2.14. The van der Waals surface area contributed by atoms with Crippen molar-refractivity contribution in [2.45, 2.75) is 20.0 Å². The molecule has 2 aromatic carbocycles.